The number of carbonyl (C=O) groups excluding carboxylic acids is 1. The summed E-state index contributed by atoms with van der Waals surface area (Å²) >= 11 is 3.11. The molecule has 3 nitrogen and oxygen atoms in total. The second-order valence-corrected chi connectivity index (χ2v) is 5.75. The Labute approximate surface area is 130 Å². The van der Waals surface area contributed by atoms with E-state index in [9.17, 15) is 9.18 Å². The number of halogens is 2. The lowest BCUT2D eigenvalue weighted by molar-refractivity contribution is 0.102. The first-order valence-electron chi connectivity index (χ1n) is 6.77. The molecule has 21 heavy (non-hydrogen) atoms. The van der Waals surface area contributed by atoms with Crippen LogP contribution < -0.4 is 10.6 Å². The highest BCUT2D eigenvalue weighted by Crippen LogP contribution is 2.26. The summed E-state index contributed by atoms with van der Waals surface area (Å²) in [6.07, 6.45) is 2.08. The van der Waals surface area contributed by atoms with E-state index in [0.717, 1.165) is 30.8 Å². The molecule has 0 saturated carbocycles. The third kappa shape index (κ3) is 2.93. The molecule has 1 aliphatic heterocycles. The third-order valence-corrected chi connectivity index (χ3v) is 4.30. The quantitative estimate of drug-likeness (QED) is 0.853. The van der Waals surface area contributed by atoms with Gasteiger partial charge < -0.3 is 10.6 Å². The lowest BCUT2D eigenvalue weighted by Gasteiger charge is -2.19. The fourth-order valence-electron chi connectivity index (χ4n) is 2.43. The van der Waals surface area contributed by atoms with E-state index >= 15 is 0 Å². The zero-order chi connectivity index (χ0) is 14.8. The standard InChI is InChI=1S/C16H14BrFN2O/c17-15-12(4-1-5-13(15)18)16(21)20-11-6-7-14-10(9-11)3-2-8-19-14/h1,4-7,9,19H,2-3,8H2,(H,20,21). The van der Waals surface area contributed by atoms with Crippen LogP contribution in [-0.4, -0.2) is 12.5 Å². The number of carbonyl (C=O) groups is 1. The predicted octanol–water partition coefficient (Wildman–Crippen LogP) is 4.20. The average molecular weight is 349 g/mol. The van der Waals surface area contributed by atoms with Crippen LogP contribution in [0.2, 0.25) is 0 Å². The SMILES string of the molecule is O=C(Nc1ccc2c(c1)CCCN2)c1cccc(F)c1Br. The van der Waals surface area contributed by atoms with Gasteiger partial charge in [-0.25, -0.2) is 4.39 Å². The van der Waals surface area contributed by atoms with Crippen LogP contribution >= 0.6 is 15.9 Å². The highest BCUT2D eigenvalue weighted by Gasteiger charge is 2.14. The van der Waals surface area contributed by atoms with Crippen LogP contribution in [0.3, 0.4) is 0 Å². The summed E-state index contributed by atoms with van der Waals surface area (Å²) in [5.74, 6) is -0.776. The minimum atomic E-state index is -0.447. The van der Waals surface area contributed by atoms with Crippen LogP contribution in [0.1, 0.15) is 22.3 Å². The summed E-state index contributed by atoms with van der Waals surface area (Å²) in [7, 11) is 0. The van der Waals surface area contributed by atoms with Crippen molar-refractivity contribution >= 4 is 33.2 Å². The Kier molecular flexibility index (Phi) is 3.92. The highest BCUT2D eigenvalue weighted by molar-refractivity contribution is 9.10. The molecule has 0 atom stereocenters. The fraction of sp³-hybridized carbons (Fsp3) is 0.188. The Balaban J connectivity index is 1.83. The van der Waals surface area contributed by atoms with Crippen LogP contribution in [0.15, 0.2) is 40.9 Å². The average Bonchev–Trinajstić information content (AvgIpc) is 2.50. The van der Waals surface area contributed by atoms with Crippen molar-refractivity contribution in [1.82, 2.24) is 0 Å². The molecule has 0 aliphatic carbocycles. The Hall–Kier alpha value is -1.88. The molecule has 2 aromatic carbocycles. The number of fused-ring (bicyclic) bond motifs is 1. The normalized spacial score (nSPS) is 13.2. The summed E-state index contributed by atoms with van der Waals surface area (Å²) in [5.41, 5.74) is 3.31. The van der Waals surface area contributed by atoms with Gasteiger partial charge in [0.05, 0.1) is 10.0 Å². The van der Waals surface area contributed by atoms with Gasteiger partial charge in [0, 0.05) is 17.9 Å². The van der Waals surface area contributed by atoms with E-state index in [-0.39, 0.29) is 15.9 Å². The molecule has 0 spiro atoms. The van der Waals surface area contributed by atoms with Gasteiger partial charge in [-0.05, 0) is 64.7 Å². The largest absolute Gasteiger partial charge is 0.385 e. The first-order chi connectivity index (χ1) is 10.1. The van der Waals surface area contributed by atoms with E-state index in [1.807, 2.05) is 18.2 Å². The van der Waals surface area contributed by atoms with E-state index in [4.69, 9.17) is 0 Å². The second-order valence-electron chi connectivity index (χ2n) is 4.96. The molecule has 0 unspecified atom stereocenters. The maximum Gasteiger partial charge on any atom is 0.256 e. The summed E-state index contributed by atoms with van der Waals surface area (Å²) < 4.78 is 13.7. The van der Waals surface area contributed by atoms with Crippen LogP contribution in [0.4, 0.5) is 15.8 Å². The van der Waals surface area contributed by atoms with Crippen molar-refractivity contribution in [3.05, 3.63) is 57.8 Å². The van der Waals surface area contributed by atoms with E-state index in [0.29, 0.717) is 0 Å². The summed E-state index contributed by atoms with van der Waals surface area (Å²) in [4.78, 5) is 12.2. The minimum Gasteiger partial charge on any atom is -0.385 e. The zero-order valence-electron chi connectivity index (χ0n) is 11.2. The van der Waals surface area contributed by atoms with Crippen molar-refractivity contribution in [2.75, 3.05) is 17.2 Å². The van der Waals surface area contributed by atoms with Gasteiger partial charge in [0.2, 0.25) is 0 Å². The van der Waals surface area contributed by atoms with E-state index in [1.54, 1.807) is 6.07 Å². The Bertz CT molecular complexity index is 703. The predicted molar refractivity (Wildman–Crippen MR) is 85.3 cm³/mol. The van der Waals surface area contributed by atoms with Gasteiger partial charge in [-0.3, -0.25) is 4.79 Å². The van der Waals surface area contributed by atoms with Gasteiger partial charge >= 0.3 is 0 Å². The molecule has 3 rings (SSSR count). The van der Waals surface area contributed by atoms with Crippen molar-refractivity contribution < 1.29 is 9.18 Å². The summed E-state index contributed by atoms with van der Waals surface area (Å²) in [6, 6.07) is 10.2. The first-order valence-corrected chi connectivity index (χ1v) is 7.56. The van der Waals surface area contributed by atoms with Gasteiger partial charge in [-0.1, -0.05) is 6.07 Å². The maximum absolute atomic E-state index is 13.5. The molecule has 1 heterocycles. The smallest absolute Gasteiger partial charge is 0.256 e. The summed E-state index contributed by atoms with van der Waals surface area (Å²) in [6.45, 7) is 0.981. The fourth-order valence-corrected chi connectivity index (χ4v) is 2.87. The van der Waals surface area contributed by atoms with Crippen LogP contribution in [0.5, 0.6) is 0 Å². The molecule has 108 valence electrons. The molecule has 2 N–H and O–H groups in total. The topological polar surface area (TPSA) is 41.1 Å². The number of anilines is 2. The number of hydrogen-bond acceptors (Lipinski definition) is 2. The lowest BCUT2D eigenvalue weighted by atomic mass is 10.0. The zero-order valence-corrected chi connectivity index (χ0v) is 12.8. The lowest BCUT2D eigenvalue weighted by Crippen LogP contribution is -2.15. The second kappa shape index (κ2) is 5.85. The molecule has 5 heteroatoms. The number of benzene rings is 2. The molecule has 0 bridgehead atoms. The molecular formula is C16H14BrFN2O. The van der Waals surface area contributed by atoms with Gasteiger partial charge in [0.1, 0.15) is 5.82 Å². The van der Waals surface area contributed by atoms with Crippen molar-refractivity contribution in [1.29, 1.82) is 0 Å². The molecule has 0 saturated heterocycles. The number of amides is 1. The van der Waals surface area contributed by atoms with Gasteiger partial charge in [-0.15, -0.1) is 0 Å². The number of nitrogens with one attached hydrogen (secondary N) is 2. The van der Waals surface area contributed by atoms with E-state index in [2.05, 4.69) is 26.6 Å². The Morgan fingerprint density at radius 2 is 2.14 bits per heavy atom. The van der Waals surface area contributed by atoms with Crippen LogP contribution in [0.25, 0.3) is 0 Å². The maximum atomic E-state index is 13.5. The monoisotopic (exact) mass is 348 g/mol. The molecule has 2 aromatic rings. The Morgan fingerprint density at radius 3 is 3.00 bits per heavy atom. The number of aryl methyl sites for hydroxylation is 1. The number of hydrogen-bond donors (Lipinski definition) is 2. The Morgan fingerprint density at radius 1 is 1.29 bits per heavy atom. The van der Waals surface area contributed by atoms with E-state index in [1.165, 1.54) is 17.7 Å². The molecule has 1 amide bonds. The first kappa shape index (κ1) is 14.1. The minimum absolute atomic E-state index is 0.183. The molecular weight excluding hydrogens is 335 g/mol. The van der Waals surface area contributed by atoms with Crippen molar-refractivity contribution in [3.63, 3.8) is 0 Å². The van der Waals surface area contributed by atoms with Crippen LogP contribution in [0, 0.1) is 5.82 Å². The highest BCUT2D eigenvalue weighted by atomic mass is 79.9. The summed E-state index contributed by atoms with van der Waals surface area (Å²) in [5, 5.41) is 6.13. The molecule has 1 aliphatic rings. The number of rotatable bonds is 2. The van der Waals surface area contributed by atoms with Gasteiger partial charge in [0.15, 0.2) is 0 Å². The van der Waals surface area contributed by atoms with Gasteiger partial charge in [0.25, 0.3) is 5.91 Å². The third-order valence-electron chi connectivity index (χ3n) is 3.50. The van der Waals surface area contributed by atoms with E-state index < -0.39 is 5.82 Å². The molecule has 0 radical (unpaired) electrons. The van der Waals surface area contributed by atoms with Crippen molar-refractivity contribution in [2.24, 2.45) is 0 Å². The molecule has 0 fully saturated rings. The van der Waals surface area contributed by atoms with Crippen LogP contribution in [-0.2, 0) is 6.42 Å². The molecule has 0 aromatic heterocycles. The van der Waals surface area contributed by atoms with Gasteiger partial charge in [-0.2, -0.15) is 0 Å². The van der Waals surface area contributed by atoms with Crippen molar-refractivity contribution in [2.45, 2.75) is 12.8 Å². The van der Waals surface area contributed by atoms with Crippen molar-refractivity contribution in [3.8, 4) is 0 Å².